The quantitative estimate of drug-likeness (QED) is 0.302. The molecule has 0 saturated heterocycles. The molecule has 4 rings (SSSR count). The number of imidazole rings is 1. The first kappa shape index (κ1) is 21.5. The summed E-state index contributed by atoms with van der Waals surface area (Å²) >= 11 is 0. The van der Waals surface area contributed by atoms with Crippen LogP contribution in [0.1, 0.15) is 17.0 Å². The molecule has 0 aliphatic heterocycles. The predicted octanol–water partition coefficient (Wildman–Crippen LogP) is 5.74. The van der Waals surface area contributed by atoms with Crippen LogP contribution in [0.5, 0.6) is 17.2 Å². The Balaban J connectivity index is 1.49. The van der Waals surface area contributed by atoms with Gasteiger partial charge in [-0.15, -0.1) is 6.58 Å². The lowest BCUT2D eigenvalue weighted by Gasteiger charge is -2.14. The number of methoxy groups -OCH3 is 1. The van der Waals surface area contributed by atoms with Crippen molar-refractivity contribution in [2.45, 2.75) is 26.5 Å². The van der Waals surface area contributed by atoms with Crippen LogP contribution < -0.4 is 14.2 Å². The standard InChI is InChI=1S/C27H28N2O3/c1-4-7-21-12-15-25(26(18-21)30-3)31-17-16-29-24-9-6-5-8-23(24)28-27(29)19-32-22-13-10-20(2)11-14-22/h4-6,8-15,18H,1,7,16-17,19H2,2-3H3. The average Bonchev–Trinajstić information content (AvgIpc) is 3.17. The third kappa shape index (κ3) is 4.94. The van der Waals surface area contributed by atoms with Crippen LogP contribution in [0.3, 0.4) is 0 Å². The van der Waals surface area contributed by atoms with Gasteiger partial charge in [0.25, 0.3) is 0 Å². The summed E-state index contributed by atoms with van der Waals surface area (Å²) in [5.41, 5.74) is 4.35. The van der Waals surface area contributed by atoms with E-state index in [0.29, 0.717) is 19.8 Å². The van der Waals surface area contributed by atoms with Crippen LogP contribution in [0.4, 0.5) is 0 Å². The number of fused-ring (bicyclic) bond motifs is 1. The van der Waals surface area contributed by atoms with E-state index >= 15 is 0 Å². The van der Waals surface area contributed by atoms with Crippen LogP contribution in [-0.2, 0) is 19.6 Å². The van der Waals surface area contributed by atoms with Gasteiger partial charge in [0.2, 0.25) is 0 Å². The summed E-state index contributed by atoms with van der Waals surface area (Å²) in [5, 5.41) is 0. The van der Waals surface area contributed by atoms with E-state index < -0.39 is 0 Å². The monoisotopic (exact) mass is 428 g/mol. The van der Waals surface area contributed by atoms with Crippen molar-refractivity contribution in [3.63, 3.8) is 0 Å². The molecule has 0 atom stereocenters. The average molecular weight is 429 g/mol. The van der Waals surface area contributed by atoms with Crippen molar-refractivity contribution in [2.75, 3.05) is 13.7 Å². The summed E-state index contributed by atoms with van der Waals surface area (Å²) < 4.78 is 19.7. The molecule has 3 aromatic carbocycles. The molecule has 5 nitrogen and oxygen atoms in total. The van der Waals surface area contributed by atoms with Crippen LogP contribution in [0, 0.1) is 6.92 Å². The molecule has 0 radical (unpaired) electrons. The lowest BCUT2D eigenvalue weighted by Crippen LogP contribution is -2.13. The minimum absolute atomic E-state index is 0.386. The molecule has 0 amide bonds. The Bertz CT molecular complexity index is 1200. The summed E-state index contributed by atoms with van der Waals surface area (Å²) in [5.74, 6) is 3.14. The Morgan fingerprint density at radius 1 is 0.969 bits per heavy atom. The van der Waals surface area contributed by atoms with Crippen molar-refractivity contribution in [3.8, 4) is 17.2 Å². The smallest absolute Gasteiger partial charge is 0.161 e. The molecule has 1 heterocycles. The second kappa shape index (κ2) is 10.1. The fraction of sp³-hybridized carbons (Fsp3) is 0.222. The number of nitrogens with zero attached hydrogens (tertiary/aromatic N) is 2. The van der Waals surface area contributed by atoms with E-state index in [2.05, 4.69) is 24.1 Å². The number of benzene rings is 3. The van der Waals surface area contributed by atoms with Gasteiger partial charge in [0.05, 0.1) is 24.7 Å². The zero-order chi connectivity index (χ0) is 22.3. The van der Waals surface area contributed by atoms with E-state index in [1.54, 1.807) is 7.11 Å². The first-order valence-electron chi connectivity index (χ1n) is 10.7. The predicted molar refractivity (Wildman–Crippen MR) is 128 cm³/mol. The second-order valence-electron chi connectivity index (χ2n) is 7.60. The summed E-state index contributed by atoms with van der Waals surface area (Å²) in [6.07, 6.45) is 2.67. The molecule has 0 bridgehead atoms. The molecule has 4 aromatic rings. The zero-order valence-electron chi connectivity index (χ0n) is 18.6. The van der Waals surface area contributed by atoms with Crippen molar-refractivity contribution in [3.05, 3.63) is 96.3 Å². The van der Waals surface area contributed by atoms with Gasteiger partial charge in [0.1, 0.15) is 24.8 Å². The molecule has 0 fully saturated rings. The van der Waals surface area contributed by atoms with Crippen molar-refractivity contribution in [2.24, 2.45) is 0 Å². The first-order chi connectivity index (χ1) is 15.7. The molecule has 1 aromatic heterocycles. The highest BCUT2D eigenvalue weighted by molar-refractivity contribution is 5.75. The molecule has 0 aliphatic carbocycles. The lowest BCUT2D eigenvalue weighted by atomic mass is 10.1. The molecular weight excluding hydrogens is 400 g/mol. The summed E-state index contributed by atoms with van der Waals surface area (Å²) in [6.45, 7) is 7.36. The Kier molecular flexibility index (Phi) is 6.75. The van der Waals surface area contributed by atoms with Crippen LogP contribution in [-0.4, -0.2) is 23.3 Å². The van der Waals surface area contributed by atoms with E-state index in [4.69, 9.17) is 19.2 Å². The maximum atomic E-state index is 6.07. The van der Waals surface area contributed by atoms with Crippen molar-refractivity contribution >= 4 is 11.0 Å². The Morgan fingerprint density at radius 2 is 1.78 bits per heavy atom. The van der Waals surface area contributed by atoms with Gasteiger partial charge in [-0.1, -0.05) is 42.0 Å². The summed E-state index contributed by atoms with van der Waals surface area (Å²) in [6, 6.07) is 22.1. The van der Waals surface area contributed by atoms with E-state index in [0.717, 1.165) is 46.1 Å². The van der Waals surface area contributed by atoms with Crippen LogP contribution in [0.25, 0.3) is 11.0 Å². The highest BCUT2D eigenvalue weighted by Crippen LogP contribution is 2.28. The highest BCUT2D eigenvalue weighted by Gasteiger charge is 2.12. The molecule has 164 valence electrons. The van der Waals surface area contributed by atoms with E-state index in [1.165, 1.54) is 5.56 Å². The molecule has 0 N–H and O–H groups in total. The third-order valence-corrected chi connectivity index (χ3v) is 5.30. The Morgan fingerprint density at radius 3 is 2.56 bits per heavy atom. The number of hydrogen-bond donors (Lipinski definition) is 0. The molecule has 0 aliphatic rings. The number of allylic oxidation sites excluding steroid dienone is 1. The van der Waals surface area contributed by atoms with Gasteiger partial charge in [-0.3, -0.25) is 0 Å². The first-order valence-corrected chi connectivity index (χ1v) is 10.7. The van der Waals surface area contributed by atoms with Crippen molar-refractivity contribution in [1.29, 1.82) is 0 Å². The molecule has 5 heteroatoms. The van der Waals surface area contributed by atoms with E-state index in [1.807, 2.05) is 66.7 Å². The summed E-state index contributed by atoms with van der Waals surface area (Å²) in [7, 11) is 1.66. The van der Waals surface area contributed by atoms with Gasteiger partial charge < -0.3 is 18.8 Å². The maximum absolute atomic E-state index is 6.07. The fourth-order valence-corrected chi connectivity index (χ4v) is 3.64. The van der Waals surface area contributed by atoms with E-state index in [9.17, 15) is 0 Å². The molecule has 0 spiro atoms. The molecular formula is C27H28N2O3. The SMILES string of the molecule is C=CCc1ccc(OCCn2c(COc3ccc(C)cc3)nc3ccccc32)c(OC)c1. The maximum Gasteiger partial charge on any atom is 0.161 e. The van der Waals surface area contributed by atoms with Crippen molar-refractivity contribution in [1.82, 2.24) is 9.55 Å². The topological polar surface area (TPSA) is 45.5 Å². The highest BCUT2D eigenvalue weighted by atomic mass is 16.5. The normalized spacial score (nSPS) is 10.8. The fourth-order valence-electron chi connectivity index (χ4n) is 3.64. The van der Waals surface area contributed by atoms with Crippen LogP contribution in [0.15, 0.2) is 79.4 Å². The van der Waals surface area contributed by atoms with Gasteiger partial charge in [-0.25, -0.2) is 4.98 Å². The molecule has 0 saturated carbocycles. The van der Waals surface area contributed by atoms with Crippen LogP contribution >= 0.6 is 0 Å². The van der Waals surface area contributed by atoms with Crippen molar-refractivity contribution < 1.29 is 14.2 Å². The number of para-hydroxylation sites is 2. The minimum atomic E-state index is 0.386. The number of rotatable bonds is 10. The number of hydrogen-bond acceptors (Lipinski definition) is 4. The van der Waals surface area contributed by atoms with Gasteiger partial charge >= 0.3 is 0 Å². The largest absolute Gasteiger partial charge is 0.493 e. The third-order valence-electron chi connectivity index (χ3n) is 5.30. The minimum Gasteiger partial charge on any atom is -0.493 e. The van der Waals surface area contributed by atoms with Gasteiger partial charge in [-0.2, -0.15) is 0 Å². The van der Waals surface area contributed by atoms with Gasteiger partial charge in [0, 0.05) is 0 Å². The van der Waals surface area contributed by atoms with Crippen LogP contribution in [0.2, 0.25) is 0 Å². The Hall–Kier alpha value is -3.73. The molecule has 0 unspecified atom stereocenters. The zero-order valence-corrected chi connectivity index (χ0v) is 18.6. The number of aromatic nitrogens is 2. The number of ether oxygens (including phenoxy) is 3. The van der Waals surface area contributed by atoms with E-state index in [-0.39, 0.29) is 0 Å². The number of aryl methyl sites for hydroxylation is 1. The Labute approximate surface area is 188 Å². The molecule has 32 heavy (non-hydrogen) atoms. The van der Waals surface area contributed by atoms with Gasteiger partial charge in [-0.05, 0) is 55.3 Å². The van der Waals surface area contributed by atoms with Gasteiger partial charge in [0.15, 0.2) is 11.5 Å². The lowest BCUT2D eigenvalue weighted by molar-refractivity contribution is 0.264. The summed E-state index contributed by atoms with van der Waals surface area (Å²) in [4.78, 5) is 4.79. The second-order valence-corrected chi connectivity index (χ2v) is 7.60.